The number of nitrogens with zero attached hydrogens (tertiary/aromatic N) is 1. The SMILES string of the molecule is c1ccc2c(c1)ccc1c3c4ccccc4c4c5ccccc5oc4c3n(-c3ccc4c5ccccc5c5ccccc5c4c3)c21. The molecule has 2 aromatic heterocycles. The Morgan fingerprint density at radius 1 is 0.348 bits per heavy atom. The second-order valence-corrected chi connectivity index (χ2v) is 12.4. The van der Waals surface area contributed by atoms with Crippen molar-refractivity contribution >= 4 is 97.6 Å². The van der Waals surface area contributed by atoms with Crippen LogP contribution in [0, 0.1) is 0 Å². The Labute approximate surface area is 263 Å². The summed E-state index contributed by atoms with van der Waals surface area (Å²) >= 11 is 0. The topological polar surface area (TPSA) is 18.1 Å². The molecule has 0 unspecified atom stereocenters. The van der Waals surface area contributed by atoms with Crippen LogP contribution in [-0.4, -0.2) is 4.57 Å². The molecule has 46 heavy (non-hydrogen) atoms. The number of hydrogen-bond acceptors (Lipinski definition) is 1. The number of fused-ring (bicyclic) bond motifs is 18. The second kappa shape index (κ2) is 8.74. The highest BCUT2D eigenvalue weighted by Gasteiger charge is 2.24. The number of rotatable bonds is 1. The summed E-state index contributed by atoms with van der Waals surface area (Å²) in [5.74, 6) is 0. The van der Waals surface area contributed by atoms with Crippen molar-refractivity contribution in [2.75, 3.05) is 0 Å². The van der Waals surface area contributed by atoms with Crippen LogP contribution in [0.25, 0.3) is 103 Å². The first-order chi connectivity index (χ1) is 22.8. The van der Waals surface area contributed by atoms with Crippen molar-refractivity contribution in [3.05, 3.63) is 152 Å². The van der Waals surface area contributed by atoms with Gasteiger partial charge in [0, 0.05) is 32.6 Å². The van der Waals surface area contributed by atoms with Gasteiger partial charge in [-0.1, -0.05) is 133 Å². The molecule has 0 spiro atoms. The molecule has 0 saturated carbocycles. The summed E-state index contributed by atoms with van der Waals surface area (Å²) in [7, 11) is 0. The maximum absolute atomic E-state index is 6.87. The molecule has 0 radical (unpaired) electrons. The summed E-state index contributed by atoms with van der Waals surface area (Å²) < 4.78 is 9.35. The number of hydrogen-bond donors (Lipinski definition) is 0. The molecule has 0 saturated heterocycles. The molecule has 2 heteroatoms. The van der Waals surface area contributed by atoms with Crippen molar-refractivity contribution in [2.45, 2.75) is 0 Å². The summed E-state index contributed by atoms with van der Waals surface area (Å²) in [6.45, 7) is 0. The van der Waals surface area contributed by atoms with Crippen molar-refractivity contribution < 1.29 is 4.42 Å². The van der Waals surface area contributed by atoms with Gasteiger partial charge in [-0.25, -0.2) is 0 Å². The lowest BCUT2D eigenvalue weighted by Gasteiger charge is -2.14. The zero-order valence-corrected chi connectivity index (χ0v) is 24.8. The molecule has 0 amide bonds. The van der Waals surface area contributed by atoms with Gasteiger partial charge in [0.05, 0.1) is 11.0 Å². The average molecular weight is 584 g/mol. The van der Waals surface area contributed by atoms with Crippen LogP contribution in [0.5, 0.6) is 0 Å². The van der Waals surface area contributed by atoms with Crippen molar-refractivity contribution in [3.63, 3.8) is 0 Å². The van der Waals surface area contributed by atoms with E-state index in [9.17, 15) is 0 Å². The molecule has 11 rings (SSSR count). The highest BCUT2D eigenvalue weighted by molar-refractivity contribution is 6.36. The van der Waals surface area contributed by atoms with E-state index in [2.05, 4.69) is 156 Å². The quantitative estimate of drug-likeness (QED) is 0.176. The summed E-state index contributed by atoms with van der Waals surface area (Å²) in [5.41, 5.74) is 5.28. The third kappa shape index (κ3) is 3.01. The van der Waals surface area contributed by atoms with E-state index >= 15 is 0 Å². The molecule has 2 nitrogen and oxygen atoms in total. The zero-order chi connectivity index (χ0) is 29.9. The molecule has 9 aromatic carbocycles. The fourth-order valence-corrected chi connectivity index (χ4v) is 8.23. The lowest BCUT2D eigenvalue weighted by atomic mass is 9.94. The predicted octanol–water partition coefficient (Wildman–Crippen LogP) is 12.4. The van der Waals surface area contributed by atoms with Crippen LogP contribution in [0.15, 0.2) is 156 Å². The second-order valence-electron chi connectivity index (χ2n) is 12.4. The lowest BCUT2D eigenvalue weighted by molar-refractivity contribution is 0.671. The average Bonchev–Trinajstić information content (AvgIpc) is 3.69. The minimum atomic E-state index is 0.910. The van der Waals surface area contributed by atoms with Crippen molar-refractivity contribution in [2.24, 2.45) is 0 Å². The summed E-state index contributed by atoms with van der Waals surface area (Å²) in [5, 5.41) is 17.3. The minimum Gasteiger partial charge on any atom is -0.454 e. The standard InChI is InChI=1S/C44H25NO/c1-2-12-28-26(11-1)21-23-37-40-34-17-7-8-18-35(34)41-36-19-9-10-20-39(36)46-44(41)43(40)45(42(28)37)27-22-24-33-31-15-4-3-13-29(31)30-14-5-6-16-32(30)38(33)25-27/h1-25H. The number of para-hydroxylation sites is 1. The lowest BCUT2D eigenvalue weighted by Crippen LogP contribution is -1.96. The van der Waals surface area contributed by atoms with Gasteiger partial charge in [-0.2, -0.15) is 0 Å². The van der Waals surface area contributed by atoms with Gasteiger partial charge in [-0.05, 0) is 66.7 Å². The van der Waals surface area contributed by atoms with E-state index in [1.165, 1.54) is 75.5 Å². The molecule has 0 atom stereocenters. The van der Waals surface area contributed by atoms with Crippen LogP contribution in [0.2, 0.25) is 0 Å². The number of aromatic nitrogens is 1. The minimum absolute atomic E-state index is 0.910. The number of furan rings is 1. The smallest absolute Gasteiger partial charge is 0.160 e. The van der Waals surface area contributed by atoms with Crippen LogP contribution in [0.1, 0.15) is 0 Å². The summed E-state index contributed by atoms with van der Waals surface area (Å²) in [4.78, 5) is 0. The maximum atomic E-state index is 6.87. The van der Waals surface area contributed by atoms with Crippen molar-refractivity contribution in [1.82, 2.24) is 4.57 Å². The first-order valence-corrected chi connectivity index (χ1v) is 15.9. The molecule has 0 aliphatic rings. The summed E-state index contributed by atoms with van der Waals surface area (Å²) in [6, 6.07) is 55.2. The molecule has 0 N–H and O–H groups in total. The Hall–Kier alpha value is -6.12. The predicted molar refractivity (Wildman–Crippen MR) is 196 cm³/mol. The molecular formula is C44H25NO. The van der Waals surface area contributed by atoms with E-state index in [0.717, 1.165) is 27.8 Å². The van der Waals surface area contributed by atoms with E-state index in [1.807, 2.05) is 0 Å². The van der Waals surface area contributed by atoms with E-state index in [-0.39, 0.29) is 0 Å². The molecule has 0 bridgehead atoms. The normalized spacial score (nSPS) is 12.3. The monoisotopic (exact) mass is 583 g/mol. The molecule has 2 heterocycles. The third-order valence-corrected chi connectivity index (χ3v) is 10.1. The van der Waals surface area contributed by atoms with Crippen LogP contribution >= 0.6 is 0 Å². The van der Waals surface area contributed by atoms with Crippen LogP contribution < -0.4 is 0 Å². The largest absolute Gasteiger partial charge is 0.454 e. The van der Waals surface area contributed by atoms with E-state index in [1.54, 1.807) is 0 Å². The molecule has 0 fully saturated rings. The summed E-state index contributed by atoms with van der Waals surface area (Å²) in [6.07, 6.45) is 0. The Morgan fingerprint density at radius 3 is 1.59 bits per heavy atom. The third-order valence-electron chi connectivity index (χ3n) is 10.1. The highest BCUT2D eigenvalue weighted by Crippen LogP contribution is 2.47. The van der Waals surface area contributed by atoms with Crippen molar-refractivity contribution in [1.29, 1.82) is 0 Å². The van der Waals surface area contributed by atoms with Gasteiger partial charge in [-0.3, -0.25) is 0 Å². The Bertz CT molecular complexity index is 3050. The first kappa shape index (κ1) is 24.2. The van der Waals surface area contributed by atoms with Gasteiger partial charge in [0.15, 0.2) is 5.58 Å². The van der Waals surface area contributed by atoms with Crippen molar-refractivity contribution in [3.8, 4) is 5.69 Å². The molecule has 212 valence electrons. The van der Waals surface area contributed by atoms with Crippen LogP contribution in [0.4, 0.5) is 0 Å². The van der Waals surface area contributed by atoms with Gasteiger partial charge in [-0.15, -0.1) is 0 Å². The fraction of sp³-hybridized carbons (Fsp3) is 0. The van der Waals surface area contributed by atoms with Gasteiger partial charge < -0.3 is 8.98 Å². The van der Waals surface area contributed by atoms with Gasteiger partial charge in [0.2, 0.25) is 0 Å². The number of benzene rings is 9. The zero-order valence-electron chi connectivity index (χ0n) is 24.8. The van der Waals surface area contributed by atoms with Gasteiger partial charge in [0.25, 0.3) is 0 Å². The Morgan fingerprint density at radius 2 is 0.870 bits per heavy atom. The van der Waals surface area contributed by atoms with E-state index in [0.29, 0.717) is 0 Å². The molecule has 0 aliphatic carbocycles. The van der Waals surface area contributed by atoms with E-state index in [4.69, 9.17) is 4.42 Å². The van der Waals surface area contributed by atoms with Gasteiger partial charge >= 0.3 is 0 Å². The maximum Gasteiger partial charge on any atom is 0.160 e. The fourth-order valence-electron chi connectivity index (χ4n) is 8.23. The van der Waals surface area contributed by atoms with Crippen LogP contribution in [0.3, 0.4) is 0 Å². The molecule has 11 aromatic rings. The molecule has 0 aliphatic heterocycles. The highest BCUT2D eigenvalue weighted by atomic mass is 16.3. The Balaban J connectivity index is 1.42. The van der Waals surface area contributed by atoms with E-state index < -0.39 is 0 Å². The Kier molecular flexibility index (Phi) is 4.61. The molecular weight excluding hydrogens is 558 g/mol. The van der Waals surface area contributed by atoms with Gasteiger partial charge in [0.1, 0.15) is 5.58 Å². The first-order valence-electron chi connectivity index (χ1n) is 15.9. The van der Waals surface area contributed by atoms with Crippen LogP contribution in [-0.2, 0) is 0 Å².